The Hall–Kier alpha value is -3.92. The molecule has 4 heteroatoms. The van der Waals surface area contributed by atoms with Crippen LogP contribution in [0.5, 0.6) is 34.5 Å². The maximum Gasteiger partial charge on any atom is 0.133 e. The van der Waals surface area contributed by atoms with Crippen molar-refractivity contribution in [2.45, 2.75) is 122 Å². The van der Waals surface area contributed by atoms with Gasteiger partial charge in [-0.3, -0.25) is 0 Å². The van der Waals surface area contributed by atoms with Gasteiger partial charge in [0, 0.05) is 0 Å². The zero-order valence-corrected chi connectivity index (χ0v) is 31.8. The highest BCUT2D eigenvalue weighted by molar-refractivity contribution is 5.52. The maximum atomic E-state index is 9.95. The Labute approximate surface area is 284 Å². The fourth-order valence-corrected chi connectivity index (χ4v) is 5.64. The van der Waals surface area contributed by atoms with E-state index in [-0.39, 0.29) is 16.2 Å². The predicted octanol–water partition coefficient (Wildman–Crippen LogP) is 12.5. The zero-order valence-electron chi connectivity index (χ0n) is 31.8. The molecule has 0 heterocycles. The standard InChI is InChI=1S/C23H32O2.C20H26O2/c1-14-12-19(13-15(2)20(14)24)25-21-16(3)10-18(11-17(21)4)23(8,9)22(5,6)7;1-12-10-17(11-13(2)18(12)21)22-19-14(3)8-16(9-15(19)4)20(5,6)7/h10-13,24H,1-9H3;8-11,21H,1-7H3. The van der Waals surface area contributed by atoms with Gasteiger partial charge in [-0.25, -0.2) is 0 Å². The first-order chi connectivity index (χ1) is 21.4. The topological polar surface area (TPSA) is 58.9 Å². The van der Waals surface area contributed by atoms with Gasteiger partial charge in [0.15, 0.2) is 0 Å². The summed E-state index contributed by atoms with van der Waals surface area (Å²) < 4.78 is 12.3. The number of phenolic OH excluding ortho intramolecular Hbond substituents is 2. The van der Waals surface area contributed by atoms with E-state index in [9.17, 15) is 10.2 Å². The molecular formula is C43H58O4. The minimum atomic E-state index is 0.0623. The zero-order chi connectivity index (χ0) is 35.8. The summed E-state index contributed by atoms with van der Waals surface area (Å²) >= 11 is 0. The number of aryl methyl sites for hydroxylation is 8. The first-order valence-corrected chi connectivity index (χ1v) is 16.6. The summed E-state index contributed by atoms with van der Waals surface area (Å²) in [5, 5.41) is 19.8. The molecule has 0 amide bonds. The Morgan fingerprint density at radius 3 is 0.936 bits per heavy atom. The molecule has 0 saturated carbocycles. The SMILES string of the molecule is Cc1cc(Oc2c(C)cc(C(C)(C)C(C)(C)C)cc2C)cc(C)c1O.Cc1cc(Oc2c(C)cc(C(C)(C)C)cc2C)cc(C)c1O. The van der Waals surface area contributed by atoms with Gasteiger partial charge in [0.1, 0.15) is 34.5 Å². The van der Waals surface area contributed by atoms with Crippen LogP contribution in [0.25, 0.3) is 0 Å². The molecule has 0 atom stereocenters. The summed E-state index contributed by atoms with van der Waals surface area (Å²) in [6.45, 7) is 34.0. The van der Waals surface area contributed by atoms with E-state index in [1.807, 2.05) is 52.0 Å². The molecule has 47 heavy (non-hydrogen) atoms. The average Bonchev–Trinajstić information content (AvgIpc) is 2.93. The smallest absolute Gasteiger partial charge is 0.133 e. The highest BCUT2D eigenvalue weighted by Crippen LogP contribution is 2.43. The van der Waals surface area contributed by atoms with Crippen molar-refractivity contribution < 1.29 is 19.7 Å². The molecule has 0 saturated heterocycles. The van der Waals surface area contributed by atoms with Crippen LogP contribution in [0.15, 0.2) is 48.5 Å². The van der Waals surface area contributed by atoms with Crippen LogP contribution in [-0.4, -0.2) is 10.2 Å². The normalized spacial score (nSPS) is 12.0. The molecule has 0 aliphatic carbocycles. The molecule has 4 aromatic rings. The van der Waals surface area contributed by atoms with Crippen LogP contribution >= 0.6 is 0 Å². The van der Waals surface area contributed by atoms with E-state index < -0.39 is 0 Å². The van der Waals surface area contributed by atoms with Gasteiger partial charge in [-0.2, -0.15) is 0 Å². The summed E-state index contributed by atoms with van der Waals surface area (Å²) in [7, 11) is 0. The van der Waals surface area contributed by atoms with E-state index in [0.29, 0.717) is 11.5 Å². The molecule has 0 aliphatic rings. The van der Waals surface area contributed by atoms with Gasteiger partial charge in [-0.1, -0.05) is 79.7 Å². The molecule has 4 rings (SSSR count). The minimum Gasteiger partial charge on any atom is -0.507 e. The first kappa shape index (κ1) is 37.5. The Balaban J connectivity index is 0.000000257. The fraction of sp³-hybridized carbons (Fsp3) is 0.442. The number of hydrogen-bond donors (Lipinski definition) is 2. The van der Waals surface area contributed by atoms with E-state index in [4.69, 9.17) is 9.47 Å². The van der Waals surface area contributed by atoms with E-state index in [2.05, 4.69) is 107 Å². The van der Waals surface area contributed by atoms with E-state index in [1.54, 1.807) is 0 Å². The summed E-state index contributed by atoms with van der Waals surface area (Å²) in [6, 6.07) is 16.4. The van der Waals surface area contributed by atoms with Crippen LogP contribution in [0.4, 0.5) is 0 Å². The number of aromatic hydroxyl groups is 2. The van der Waals surface area contributed by atoms with Crippen LogP contribution in [0.3, 0.4) is 0 Å². The summed E-state index contributed by atoms with van der Waals surface area (Å²) in [6.07, 6.45) is 0. The highest BCUT2D eigenvalue weighted by atomic mass is 16.5. The summed E-state index contributed by atoms with van der Waals surface area (Å²) in [4.78, 5) is 0. The van der Waals surface area contributed by atoms with Gasteiger partial charge >= 0.3 is 0 Å². The van der Waals surface area contributed by atoms with Gasteiger partial charge in [0.05, 0.1) is 0 Å². The van der Waals surface area contributed by atoms with Crippen LogP contribution in [0, 0.1) is 60.8 Å². The lowest BCUT2D eigenvalue weighted by Crippen LogP contribution is -2.34. The summed E-state index contributed by atoms with van der Waals surface area (Å²) in [5.41, 5.74) is 10.9. The Morgan fingerprint density at radius 1 is 0.404 bits per heavy atom. The number of phenols is 2. The van der Waals surface area contributed by atoms with E-state index in [1.165, 1.54) is 11.1 Å². The third kappa shape index (κ3) is 8.52. The summed E-state index contributed by atoms with van der Waals surface area (Å²) in [5.74, 6) is 4.01. The lowest BCUT2D eigenvalue weighted by atomic mass is 9.65. The molecule has 0 fully saturated rings. The van der Waals surface area contributed by atoms with Gasteiger partial charge in [-0.05, 0) is 152 Å². The van der Waals surface area contributed by atoms with E-state index >= 15 is 0 Å². The van der Waals surface area contributed by atoms with Crippen molar-refractivity contribution in [2.24, 2.45) is 5.41 Å². The van der Waals surface area contributed by atoms with Crippen molar-refractivity contribution in [1.29, 1.82) is 0 Å². The second kappa shape index (κ2) is 13.7. The third-order valence-corrected chi connectivity index (χ3v) is 9.75. The monoisotopic (exact) mass is 638 g/mol. The van der Waals surface area contributed by atoms with Gasteiger partial charge in [0.2, 0.25) is 0 Å². The molecule has 0 unspecified atom stereocenters. The molecule has 0 radical (unpaired) electrons. The fourth-order valence-electron chi connectivity index (χ4n) is 5.64. The molecule has 0 bridgehead atoms. The number of benzene rings is 4. The number of ether oxygens (including phenoxy) is 2. The van der Waals surface area contributed by atoms with E-state index in [0.717, 1.165) is 67.5 Å². The van der Waals surface area contributed by atoms with Gasteiger partial charge < -0.3 is 19.7 Å². The number of hydrogen-bond acceptors (Lipinski definition) is 4. The number of rotatable bonds is 5. The molecule has 0 aromatic heterocycles. The second-order valence-corrected chi connectivity index (χ2v) is 16.0. The van der Waals surface area contributed by atoms with Crippen molar-refractivity contribution >= 4 is 0 Å². The van der Waals surface area contributed by atoms with Gasteiger partial charge in [0.25, 0.3) is 0 Å². The van der Waals surface area contributed by atoms with Gasteiger partial charge in [-0.15, -0.1) is 0 Å². The second-order valence-electron chi connectivity index (χ2n) is 16.0. The van der Waals surface area contributed by atoms with Crippen LogP contribution in [-0.2, 0) is 10.8 Å². The Kier molecular flexibility index (Phi) is 10.9. The lowest BCUT2D eigenvalue weighted by molar-refractivity contribution is 0.225. The Bertz CT molecular complexity index is 1670. The van der Waals surface area contributed by atoms with Crippen molar-refractivity contribution in [3.05, 3.63) is 104 Å². The molecule has 4 aromatic carbocycles. The van der Waals surface area contributed by atoms with Crippen LogP contribution < -0.4 is 9.47 Å². The maximum absolute atomic E-state index is 9.95. The van der Waals surface area contributed by atoms with Crippen LogP contribution in [0.1, 0.15) is 111 Å². The quantitative estimate of drug-likeness (QED) is 0.228. The highest BCUT2D eigenvalue weighted by Gasteiger charge is 2.35. The third-order valence-electron chi connectivity index (χ3n) is 9.75. The largest absolute Gasteiger partial charge is 0.507 e. The first-order valence-electron chi connectivity index (χ1n) is 16.6. The molecule has 0 aliphatic heterocycles. The van der Waals surface area contributed by atoms with Crippen molar-refractivity contribution in [3.8, 4) is 34.5 Å². The molecule has 0 spiro atoms. The molecular weight excluding hydrogens is 580 g/mol. The van der Waals surface area contributed by atoms with Crippen LogP contribution in [0.2, 0.25) is 0 Å². The molecule has 2 N–H and O–H groups in total. The van der Waals surface area contributed by atoms with Crippen molar-refractivity contribution in [3.63, 3.8) is 0 Å². The van der Waals surface area contributed by atoms with Crippen molar-refractivity contribution in [2.75, 3.05) is 0 Å². The van der Waals surface area contributed by atoms with Crippen molar-refractivity contribution in [1.82, 2.24) is 0 Å². The average molecular weight is 639 g/mol. The molecule has 4 nitrogen and oxygen atoms in total. The molecule has 254 valence electrons. The predicted molar refractivity (Wildman–Crippen MR) is 198 cm³/mol. The Morgan fingerprint density at radius 2 is 0.681 bits per heavy atom. The minimum absolute atomic E-state index is 0.0623. The lowest BCUT2D eigenvalue weighted by Gasteiger charge is -2.40.